The lowest BCUT2D eigenvalue weighted by molar-refractivity contribution is -0.265. The second-order valence-electron chi connectivity index (χ2n) is 19.6. The minimum atomic E-state index is -2.43. The van der Waals surface area contributed by atoms with Crippen molar-refractivity contribution in [3.8, 4) is 0 Å². The molecule has 2 saturated heterocycles. The summed E-state index contributed by atoms with van der Waals surface area (Å²) in [4.78, 5) is 71.7. The number of methoxy groups -OCH3 is 3. The number of rotatable bonds is 6. The monoisotopic (exact) mass is 914 g/mol. The zero-order valence-corrected chi connectivity index (χ0v) is 40.6. The van der Waals surface area contributed by atoms with E-state index >= 15 is 0 Å². The second kappa shape index (κ2) is 25.1. The minimum Gasteiger partial charge on any atom is -0.460 e. The second-order valence-corrected chi connectivity index (χ2v) is 19.6. The molecule has 14 nitrogen and oxygen atoms in total. The Morgan fingerprint density at radius 3 is 2.26 bits per heavy atom. The highest BCUT2D eigenvalue weighted by atomic mass is 16.6. The quantitative estimate of drug-likeness (QED) is 0.202. The number of hydrogen-bond acceptors (Lipinski definition) is 13. The number of amides is 1. The lowest BCUT2D eigenvalue weighted by atomic mass is 9.78. The van der Waals surface area contributed by atoms with Crippen molar-refractivity contribution in [2.75, 3.05) is 27.9 Å². The molecule has 65 heavy (non-hydrogen) atoms. The van der Waals surface area contributed by atoms with Crippen LogP contribution in [0, 0.1) is 35.5 Å². The maximum absolute atomic E-state index is 14.4. The third-order valence-corrected chi connectivity index (χ3v) is 14.5. The highest BCUT2D eigenvalue weighted by Crippen LogP contribution is 2.38. The average Bonchev–Trinajstić information content (AvgIpc) is 3.28. The summed E-state index contributed by atoms with van der Waals surface area (Å²) in [5.41, 5.74) is 1.19. The van der Waals surface area contributed by atoms with Crippen LogP contribution < -0.4 is 0 Å². The van der Waals surface area contributed by atoms with E-state index in [4.69, 9.17) is 23.7 Å². The molecule has 3 N–H and O–H groups in total. The summed E-state index contributed by atoms with van der Waals surface area (Å²) < 4.78 is 29.4. The van der Waals surface area contributed by atoms with Crippen molar-refractivity contribution >= 4 is 29.2 Å². The topological polar surface area (TPSA) is 195 Å². The number of nitrogens with zero attached hydrogens (tertiary/aromatic N) is 1. The van der Waals surface area contributed by atoms with Gasteiger partial charge >= 0.3 is 5.97 Å². The van der Waals surface area contributed by atoms with Gasteiger partial charge in [-0.3, -0.25) is 19.2 Å². The maximum atomic E-state index is 14.4. The molecule has 3 heterocycles. The van der Waals surface area contributed by atoms with Gasteiger partial charge in [0.05, 0.1) is 30.5 Å². The number of Topliss-reactive ketones (excluding diaryl/α,β-unsaturated/α-hetero) is 3. The van der Waals surface area contributed by atoms with Gasteiger partial charge < -0.3 is 43.9 Å². The largest absolute Gasteiger partial charge is 0.460 e. The first-order chi connectivity index (χ1) is 30.7. The summed E-state index contributed by atoms with van der Waals surface area (Å²) in [5.74, 6) is -7.93. The molecule has 1 amide bonds. The number of piperidine rings is 1. The Hall–Kier alpha value is -3.37. The molecule has 3 fully saturated rings. The van der Waals surface area contributed by atoms with Crippen LogP contribution >= 0.6 is 0 Å². The molecule has 0 radical (unpaired) electrons. The predicted octanol–water partition coefficient (Wildman–Crippen LogP) is 6.18. The van der Waals surface area contributed by atoms with Crippen molar-refractivity contribution in [2.45, 2.75) is 180 Å². The van der Waals surface area contributed by atoms with Crippen molar-refractivity contribution in [1.82, 2.24) is 4.90 Å². The fraction of sp³-hybridized carbons (Fsp3) is 0.745. The van der Waals surface area contributed by atoms with Gasteiger partial charge in [-0.1, -0.05) is 71.1 Å². The number of esters is 1. The maximum Gasteiger partial charge on any atom is 0.329 e. The van der Waals surface area contributed by atoms with Crippen molar-refractivity contribution in [3.63, 3.8) is 0 Å². The molecule has 3 unspecified atom stereocenters. The lowest BCUT2D eigenvalue weighted by Crippen LogP contribution is -2.61. The number of carbonyl (C=O) groups excluding carboxylic acids is 5. The highest BCUT2D eigenvalue weighted by molar-refractivity contribution is 6.39. The molecule has 0 aromatic rings. The van der Waals surface area contributed by atoms with Crippen LogP contribution in [0.25, 0.3) is 0 Å². The van der Waals surface area contributed by atoms with Crippen LogP contribution in [0.1, 0.15) is 126 Å². The number of aliphatic hydroxyl groups excluding tert-OH is 2. The molecule has 0 aromatic carbocycles. The van der Waals surface area contributed by atoms with Crippen molar-refractivity contribution in [3.05, 3.63) is 47.6 Å². The zero-order chi connectivity index (χ0) is 48.2. The van der Waals surface area contributed by atoms with Crippen LogP contribution in [0.4, 0.5) is 0 Å². The summed E-state index contributed by atoms with van der Waals surface area (Å²) in [7, 11) is 4.53. The predicted molar refractivity (Wildman–Crippen MR) is 245 cm³/mol. The van der Waals surface area contributed by atoms with E-state index in [2.05, 4.69) is 0 Å². The van der Waals surface area contributed by atoms with Gasteiger partial charge in [0.2, 0.25) is 5.79 Å². The van der Waals surface area contributed by atoms with Crippen LogP contribution in [0.3, 0.4) is 0 Å². The fourth-order valence-corrected chi connectivity index (χ4v) is 10.1. The Kier molecular flexibility index (Phi) is 21.0. The van der Waals surface area contributed by atoms with E-state index in [1.807, 2.05) is 58.1 Å². The molecule has 14 heteroatoms. The van der Waals surface area contributed by atoms with Crippen molar-refractivity contribution < 1.29 is 63.0 Å². The molecule has 2 bridgehead atoms. The summed E-state index contributed by atoms with van der Waals surface area (Å²) in [6, 6.07) is -1.14. The number of cyclic esters (lactones) is 1. The highest BCUT2D eigenvalue weighted by Gasteiger charge is 2.53. The third-order valence-electron chi connectivity index (χ3n) is 14.5. The minimum absolute atomic E-state index is 0.0220. The molecular formula is C51H79NO13. The number of ketones is 3. The van der Waals surface area contributed by atoms with E-state index in [0.717, 1.165) is 12.0 Å². The lowest BCUT2D eigenvalue weighted by Gasteiger charge is -2.42. The van der Waals surface area contributed by atoms with Crippen LogP contribution in [-0.2, 0) is 47.7 Å². The van der Waals surface area contributed by atoms with Gasteiger partial charge in [0.15, 0.2) is 11.6 Å². The Morgan fingerprint density at radius 1 is 0.862 bits per heavy atom. The van der Waals surface area contributed by atoms with E-state index in [1.165, 1.54) is 12.0 Å². The van der Waals surface area contributed by atoms with Crippen LogP contribution in [0.5, 0.6) is 0 Å². The molecule has 0 spiro atoms. The number of aliphatic hydroxyl groups is 3. The van der Waals surface area contributed by atoms with E-state index < -0.39 is 83.9 Å². The van der Waals surface area contributed by atoms with E-state index in [9.17, 15) is 39.3 Å². The molecule has 4 rings (SSSR count). The molecule has 15 atom stereocenters. The van der Waals surface area contributed by atoms with E-state index in [0.29, 0.717) is 63.4 Å². The van der Waals surface area contributed by atoms with Gasteiger partial charge in [0.25, 0.3) is 11.7 Å². The fourth-order valence-electron chi connectivity index (χ4n) is 10.1. The summed E-state index contributed by atoms with van der Waals surface area (Å²) in [6.07, 6.45) is 11.2. The number of allylic oxidation sites excluding steroid dienone is 6. The Morgan fingerprint density at radius 2 is 1.58 bits per heavy atom. The van der Waals surface area contributed by atoms with Gasteiger partial charge in [-0.25, -0.2) is 4.79 Å². The molecule has 0 aromatic heterocycles. The summed E-state index contributed by atoms with van der Waals surface area (Å²) >= 11 is 0. The van der Waals surface area contributed by atoms with Crippen LogP contribution in [0.15, 0.2) is 47.6 Å². The number of fused-ring (bicyclic) bond motifs is 3. The average molecular weight is 914 g/mol. The van der Waals surface area contributed by atoms with Gasteiger partial charge in [-0.2, -0.15) is 0 Å². The summed E-state index contributed by atoms with van der Waals surface area (Å²) in [6.45, 7) is 12.7. The van der Waals surface area contributed by atoms with E-state index in [1.54, 1.807) is 41.1 Å². The van der Waals surface area contributed by atoms with Crippen molar-refractivity contribution in [2.24, 2.45) is 35.5 Å². The van der Waals surface area contributed by atoms with Gasteiger partial charge in [0.1, 0.15) is 18.2 Å². The number of ether oxygens (including phenoxy) is 5. The van der Waals surface area contributed by atoms with Crippen LogP contribution in [-0.4, -0.2) is 132 Å². The number of carbonyl (C=O) groups is 5. The Labute approximate surface area is 387 Å². The first-order valence-corrected chi connectivity index (χ1v) is 23.9. The smallest absolute Gasteiger partial charge is 0.329 e. The molecular weight excluding hydrogens is 835 g/mol. The number of hydrogen-bond donors (Lipinski definition) is 3. The standard InChI is InChI=1S/C51H79NO13/c1-30-16-12-11-13-17-31(2)42(61-8)28-38-21-19-36(7)51(60,65-38)48(57)49(58)52-23-15-14-18-39(52)50(59)64-43(33(4)26-37-20-22-40(53)44(27-37)62-9)29-41(54)32(3)25-35(6)46(56)47(63-10)45(55)34(5)24-30/h11-13,16-17,25,30,33-40,42-44,46-47,53,56,60H,14-15,18-24,26-29H2,1-10H3/t30-,33-,34-,35?,36-,37+,38+,39?,40-,42+,43+,44-,46?,47+,51-/m1/s1. The Balaban J connectivity index is 1.70. The van der Waals surface area contributed by atoms with E-state index in [-0.39, 0.29) is 54.8 Å². The van der Waals surface area contributed by atoms with Gasteiger partial charge in [-0.15, -0.1) is 0 Å². The SMILES string of the molecule is CO[C@H]1C[C@@H]2CC[C@@H](C)[C@@](O)(O2)C(=O)C(=O)N2CCCCC2C(=O)O[C@H]([C@H](C)C[C@@H]2CC[C@@H](O)[C@H](OC)C2)CC(=O)C(C)=CC(C)C(O)[C@@H](OC)C(=O)[C@H](C)C[C@H](C)C=CC=CC=C1C. The normalized spacial score (nSPS) is 37.8. The van der Waals surface area contributed by atoms with Gasteiger partial charge in [0, 0.05) is 58.5 Å². The first kappa shape index (κ1) is 54.2. The molecule has 366 valence electrons. The molecule has 1 aliphatic carbocycles. The first-order valence-electron chi connectivity index (χ1n) is 23.9. The van der Waals surface area contributed by atoms with Crippen molar-refractivity contribution in [1.29, 1.82) is 0 Å². The van der Waals surface area contributed by atoms with Crippen LogP contribution in [0.2, 0.25) is 0 Å². The van der Waals surface area contributed by atoms with Gasteiger partial charge in [-0.05, 0) is 107 Å². The molecule has 3 aliphatic heterocycles. The molecule has 4 aliphatic rings. The zero-order valence-electron chi connectivity index (χ0n) is 40.6. The third kappa shape index (κ3) is 14.3. The molecule has 1 saturated carbocycles. The Bertz CT molecular complexity index is 1760. The summed E-state index contributed by atoms with van der Waals surface area (Å²) in [5, 5.41) is 33.9.